The van der Waals surface area contributed by atoms with Gasteiger partial charge in [0, 0.05) is 36.2 Å². The van der Waals surface area contributed by atoms with Crippen molar-refractivity contribution in [3.8, 4) is 0 Å². The lowest BCUT2D eigenvalue weighted by Gasteiger charge is -2.32. The summed E-state index contributed by atoms with van der Waals surface area (Å²) in [7, 11) is 0. The number of fused-ring (bicyclic) bond motifs is 1. The predicted molar refractivity (Wildman–Crippen MR) is 143 cm³/mol. The second-order valence-electron chi connectivity index (χ2n) is 9.98. The molecule has 1 saturated heterocycles. The molecule has 2 N–H and O–H groups in total. The van der Waals surface area contributed by atoms with Gasteiger partial charge in [-0.1, -0.05) is 38.0 Å². The Bertz CT molecular complexity index is 1270. The molecule has 2 aromatic heterocycles. The van der Waals surface area contributed by atoms with Crippen LogP contribution < -0.4 is 15.5 Å². The molecule has 180 valence electrons. The third-order valence-corrected chi connectivity index (χ3v) is 7.42. The maximum Gasteiger partial charge on any atom is 0.229 e. The van der Waals surface area contributed by atoms with Gasteiger partial charge in [0.05, 0.1) is 6.20 Å². The number of hydrogen-bond acceptors (Lipinski definition) is 6. The predicted octanol–water partition coefficient (Wildman–Crippen LogP) is 6.66. The summed E-state index contributed by atoms with van der Waals surface area (Å²) < 4.78 is 2.28. The van der Waals surface area contributed by atoms with Gasteiger partial charge in [-0.3, -0.25) is 4.57 Å². The number of aromatic nitrogens is 4. The summed E-state index contributed by atoms with van der Waals surface area (Å²) in [6.45, 7) is 4.62. The molecule has 1 aliphatic carbocycles. The van der Waals surface area contributed by atoms with E-state index < -0.39 is 0 Å². The Labute approximate surface area is 206 Å². The van der Waals surface area contributed by atoms with E-state index in [1.54, 1.807) is 0 Å². The second kappa shape index (κ2) is 9.56. The van der Waals surface area contributed by atoms with Crippen LogP contribution in [0.2, 0.25) is 0 Å². The van der Waals surface area contributed by atoms with Crippen molar-refractivity contribution in [2.45, 2.75) is 51.5 Å². The number of imidazole rings is 1. The van der Waals surface area contributed by atoms with Gasteiger partial charge in [-0.2, -0.15) is 4.98 Å². The van der Waals surface area contributed by atoms with E-state index >= 15 is 0 Å². The Morgan fingerprint density at radius 3 is 2.26 bits per heavy atom. The van der Waals surface area contributed by atoms with Crippen molar-refractivity contribution in [3.63, 3.8) is 0 Å². The highest BCUT2D eigenvalue weighted by Gasteiger charge is 2.24. The quantitative estimate of drug-likeness (QED) is 0.330. The molecule has 0 unspecified atom stereocenters. The first-order valence-corrected chi connectivity index (χ1v) is 12.9. The highest BCUT2D eigenvalue weighted by Crippen LogP contribution is 2.36. The SMILES string of the molecule is CC1CCN(c2ccc(Nc3ncc4nc(Nc5ccccc5)n(C5CCCC5)c4n3)cc2)CC1. The minimum absolute atomic E-state index is 0.403. The van der Waals surface area contributed by atoms with Gasteiger partial charge >= 0.3 is 0 Å². The topological polar surface area (TPSA) is 70.9 Å². The summed E-state index contributed by atoms with van der Waals surface area (Å²) in [5, 5.41) is 6.91. The maximum absolute atomic E-state index is 4.93. The van der Waals surface area contributed by atoms with Crippen molar-refractivity contribution in [3.05, 3.63) is 60.8 Å². The fourth-order valence-electron chi connectivity index (χ4n) is 5.35. The zero-order chi connectivity index (χ0) is 23.6. The lowest BCUT2D eigenvalue weighted by atomic mass is 9.99. The second-order valence-corrected chi connectivity index (χ2v) is 9.98. The number of benzene rings is 2. The Hall–Kier alpha value is -3.61. The van der Waals surface area contributed by atoms with Crippen molar-refractivity contribution < 1.29 is 0 Å². The van der Waals surface area contributed by atoms with Crippen LogP contribution in [0.5, 0.6) is 0 Å². The minimum atomic E-state index is 0.403. The average molecular weight is 468 g/mol. The fourth-order valence-corrected chi connectivity index (χ4v) is 5.35. The average Bonchev–Trinajstić information content (AvgIpc) is 3.53. The summed E-state index contributed by atoms with van der Waals surface area (Å²) in [5.41, 5.74) is 5.00. The number of nitrogens with one attached hydrogen (secondary N) is 2. The monoisotopic (exact) mass is 467 g/mol. The highest BCUT2D eigenvalue weighted by molar-refractivity contribution is 5.77. The number of hydrogen-bond donors (Lipinski definition) is 2. The van der Waals surface area contributed by atoms with Gasteiger partial charge in [-0.05, 0) is 68.0 Å². The van der Waals surface area contributed by atoms with Gasteiger partial charge in [0.2, 0.25) is 11.9 Å². The largest absolute Gasteiger partial charge is 0.372 e. The Kier molecular flexibility index (Phi) is 5.98. The molecule has 2 aromatic carbocycles. The molecule has 2 fully saturated rings. The lowest BCUT2D eigenvalue weighted by molar-refractivity contribution is 0.438. The number of piperidine rings is 1. The third kappa shape index (κ3) is 4.67. The van der Waals surface area contributed by atoms with Gasteiger partial charge in [-0.25, -0.2) is 9.97 Å². The third-order valence-electron chi connectivity index (χ3n) is 7.42. The molecule has 6 rings (SSSR count). The van der Waals surface area contributed by atoms with Crippen LogP contribution in [-0.4, -0.2) is 32.6 Å². The first-order valence-electron chi connectivity index (χ1n) is 12.9. The van der Waals surface area contributed by atoms with Gasteiger partial charge in [0.15, 0.2) is 5.65 Å². The Balaban J connectivity index is 1.26. The van der Waals surface area contributed by atoms with E-state index in [4.69, 9.17) is 9.97 Å². The molecule has 2 aliphatic rings. The van der Waals surface area contributed by atoms with Crippen LogP contribution in [0.15, 0.2) is 60.8 Å². The van der Waals surface area contributed by atoms with Crippen molar-refractivity contribution in [1.29, 1.82) is 0 Å². The van der Waals surface area contributed by atoms with Crippen LogP contribution in [0, 0.1) is 5.92 Å². The van der Waals surface area contributed by atoms with E-state index in [0.29, 0.717) is 12.0 Å². The van der Waals surface area contributed by atoms with Gasteiger partial charge in [-0.15, -0.1) is 0 Å². The molecule has 0 atom stereocenters. The summed E-state index contributed by atoms with van der Waals surface area (Å²) in [5.74, 6) is 2.27. The normalized spacial score (nSPS) is 17.2. The van der Waals surface area contributed by atoms with Crippen molar-refractivity contribution in [1.82, 2.24) is 19.5 Å². The summed E-state index contributed by atoms with van der Waals surface area (Å²) in [4.78, 5) is 16.8. The molecule has 7 heteroatoms. The van der Waals surface area contributed by atoms with Gasteiger partial charge in [0.1, 0.15) is 5.52 Å². The highest BCUT2D eigenvalue weighted by atomic mass is 15.3. The van der Waals surface area contributed by atoms with Crippen LogP contribution in [0.4, 0.5) is 29.0 Å². The molecule has 0 radical (unpaired) electrons. The van der Waals surface area contributed by atoms with Crippen LogP contribution in [0.25, 0.3) is 11.2 Å². The molecular formula is C28H33N7. The van der Waals surface area contributed by atoms with Crippen molar-refractivity contribution in [2.24, 2.45) is 5.92 Å². The number of anilines is 5. The molecule has 0 amide bonds. The number of rotatable bonds is 6. The van der Waals surface area contributed by atoms with Crippen molar-refractivity contribution >= 4 is 40.1 Å². The molecule has 1 aliphatic heterocycles. The van der Waals surface area contributed by atoms with E-state index in [1.165, 1.54) is 31.4 Å². The van der Waals surface area contributed by atoms with Crippen LogP contribution in [0.1, 0.15) is 51.5 Å². The molecular weight excluding hydrogens is 434 g/mol. The van der Waals surface area contributed by atoms with E-state index in [1.807, 2.05) is 24.4 Å². The van der Waals surface area contributed by atoms with Gasteiger partial charge in [0.25, 0.3) is 0 Å². The molecule has 7 nitrogen and oxygen atoms in total. The van der Waals surface area contributed by atoms with E-state index in [-0.39, 0.29) is 0 Å². The summed E-state index contributed by atoms with van der Waals surface area (Å²) in [6.07, 6.45) is 9.15. The fraction of sp³-hybridized carbons (Fsp3) is 0.393. The van der Waals surface area contributed by atoms with Crippen LogP contribution in [-0.2, 0) is 0 Å². The zero-order valence-corrected chi connectivity index (χ0v) is 20.3. The van der Waals surface area contributed by atoms with Gasteiger partial charge < -0.3 is 15.5 Å². The zero-order valence-electron chi connectivity index (χ0n) is 20.3. The number of para-hydroxylation sites is 1. The Morgan fingerprint density at radius 1 is 0.800 bits per heavy atom. The van der Waals surface area contributed by atoms with E-state index in [2.05, 4.69) is 68.4 Å². The molecule has 4 aromatic rings. The maximum atomic E-state index is 4.93. The first-order chi connectivity index (χ1) is 17.2. The van der Waals surface area contributed by atoms with E-state index in [9.17, 15) is 0 Å². The molecule has 3 heterocycles. The van der Waals surface area contributed by atoms with E-state index in [0.717, 1.165) is 60.3 Å². The molecule has 0 bridgehead atoms. The smallest absolute Gasteiger partial charge is 0.229 e. The standard InChI is InChI=1S/C28H33N7/c1-20-15-17-34(18-16-20)23-13-11-22(12-14-23)30-27-29-19-25-26(33-27)35(24-9-5-6-10-24)28(32-25)31-21-7-3-2-4-8-21/h2-4,7-8,11-14,19-20,24H,5-6,9-10,15-18H2,1H3,(H,31,32)(H,29,30,33). The van der Waals surface area contributed by atoms with Crippen LogP contribution >= 0.6 is 0 Å². The lowest BCUT2D eigenvalue weighted by Crippen LogP contribution is -2.32. The summed E-state index contributed by atoms with van der Waals surface area (Å²) in [6, 6.07) is 19.2. The van der Waals surface area contributed by atoms with Crippen LogP contribution in [0.3, 0.4) is 0 Å². The van der Waals surface area contributed by atoms with Crippen molar-refractivity contribution in [2.75, 3.05) is 28.6 Å². The minimum Gasteiger partial charge on any atom is -0.372 e. The first kappa shape index (κ1) is 21.9. The molecule has 1 saturated carbocycles. The summed E-state index contributed by atoms with van der Waals surface area (Å²) >= 11 is 0. The molecule has 35 heavy (non-hydrogen) atoms. The number of nitrogens with zero attached hydrogens (tertiary/aromatic N) is 5. The Morgan fingerprint density at radius 2 is 1.51 bits per heavy atom. The molecule has 0 spiro atoms.